The van der Waals surface area contributed by atoms with E-state index in [9.17, 15) is 18.0 Å². The van der Waals surface area contributed by atoms with Gasteiger partial charge in [0.25, 0.3) is 0 Å². The first kappa shape index (κ1) is 23.8. The van der Waals surface area contributed by atoms with E-state index in [0.29, 0.717) is 32.7 Å². The normalized spacial score (nSPS) is 14.8. The molecule has 0 aliphatic carbocycles. The van der Waals surface area contributed by atoms with Gasteiger partial charge in [0.15, 0.2) is 5.65 Å². The molecule has 1 N–H and O–H groups in total. The molecule has 1 fully saturated rings. The molecule has 0 atom stereocenters. The number of benzene rings is 2. The molecule has 2 amide bonds. The Hall–Kier alpha value is -3.92. The molecule has 0 bridgehead atoms. The SMILES string of the molecule is Cc1cccc(-n2c(CN3CCN(C(=O)Nc4cccc(C(F)(F)F)c4)CC3)nc3cccnc32)c1. The van der Waals surface area contributed by atoms with Crippen LogP contribution in [0.5, 0.6) is 0 Å². The molecule has 2 aromatic heterocycles. The molecule has 2 aromatic carbocycles. The number of carbonyl (C=O) groups excluding carboxylic acids is 1. The minimum Gasteiger partial charge on any atom is -0.322 e. The Bertz CT molecular complexity index is 1390. The molecule has 1 aliphatic heterocycles. The highest BCUT2D eigenvalue weighted by molar-refractivity contribution is 5.89. The number of nitrogens with one attached hydrogen (secondary N) is 1. The molecular weight excluding hydrogens is 469 g/mol. The van der Waals surface area contributed by atoms with Crippen LogP contribution in [0.1, 0.15) is 17.0 Å². The van der Waals surface area contributed by atoms with Crippen LogP contribution in [0.4, 0.5) is 23.7 Å². The fourth-order valence-corrected chi connectivity index (χ4v) is 4.39. The van der Waals surface area contributed by atoms with Crippen molar-refractivity contribution in [2.24, 2.45) is 0 Å². The van der Waals surface area contributed by atoms with Gasteiger partial charge in [-0.15, -0.1) is 0 Å². The van der Waals surface area contributed by atoms with E-state index in [-0.39, 0.29) is 5.69 Å². The van der Waals surface area contributed by atoms with Gasteiger partial charge in [-0.2, -0.15) is 13.2 Å². The molecule has 1 aliphatic rings. The maximum Gasteiger partial charge on any atom is 0.416 e. The maximum atomic E-state index is 13.0. The number of hydrogen-bond donors (Lipinski definition) is 1. The third-order valence-corrected chi connectivity index (χ3v) is 6.21. The molecule has 1 saturated heterocycles. The van der Waals surface area contributed by atoms with Crippen molar-refractivity contribution in [3.8, 4) is 5.69 Å². The zero-order valence-corrected chi connectivity index (χ0v) is 19.7. The van der Waals surface area contributed by atoms with E-state index in [4.69, 9.17) is 4.98 Å². The van der Waals surface area contributed by atoms with Crippen LogP contribution in [0, 0.1) is 6.92 Å². The number of aromatic nitrogens is 3. The summed E-state index contributed by atoms with van der Waals surface area (Å²) in [5.74, 6) is 0.858. The fourth-order valence-electron chi connectivity index (χ4n) is 4.39. The Labute approximate surface area is 206 Å². The monoisotopic (exact) mass is 494 g/mol. The third kappa shape index (κ3) is 5.03. The average molecular weight is 495 g/mol. The number of pyridine rings is 1. The highest BCUT2D eigenvalue weighted by Crippen LogP contribution is 2.30. The molecule has 0 saturated carbocycles. The summed E-state index contributed by atoms with van der Waals surface area (Å²) in [6, 6.07) is 16.2. The van der Waals surface area contributed by atoms with Gasteiger partial charge in [0.05, 0.1) is 12.1 Å². The van der Waals surface area contributed by atoms with Crippen molar-refractivity contribution in [1.29, 1.82) is 0 Å². The van der Waals surface area contributed by atoms with Gasteiger partial charge in [-0.1, -0.05) is 18.2 Å². The number of fused-ring (bicyclic) bond motifs is 1. The van der Waals surface area contributed by atoms with Crippen LogP contribution in [-0.4, -0.2) is 56.5 Å². The van der Waals surface area contributed by atoms with Crippen LogP contribution in [0.15, 0.2) is 66.9 Å². The number of rotatable bonds is 4. The van der Waals surface area contributed by atoms with Gasteiger partial charge in [-0.05, 0) is 55.0 Å². The van der Waals surface area contributed by atoms with Crippen molar-refractivity contribution in [2.45, 2.75) is 19.6 Å². The summed E-state index contributed by atoms with van der Waals surface area (Å²) < 4.78 is 41.0. The number of halogens is 3. The largest absolute Gasteiger partial charge is 0.416 e. The molecule has 186 valence electrons. The number of urea groups is 1. The Balaban J connectivity index is 1.27. The Kier molecular flexibility index (Phi) is 6.36. The van der Waals surface area contributed by atoms with Gasteiger partial charge in [0, 0.05) is 43.8 Å². The smallest absolute Gasteiger partial charge is 0.322 e. The van der Waals surface area contributed by atoms with E-state index in [1.54, 1.807) is 11.1 Å². The summed E-state index contributed by atoms with van der Waals surface area (Å²) in [6.07, 6.45) is -2.71. The average Bonchev–Trinajstić information content (AvgIpc) is 3.22. The summed E-state index contributed by atoms with van der Waals surface area (Å²) >= 11 is 0. The first-order valence-corrected chi connectivity index (χ1v) is 11.6. The summed E-state index contributed by atoms with van der Waals surface area (Å²) in [7, 11) is 0. The van der Waals surface area contributed by atoms with E-state index in [2.05, 4.69) is 25.8 Å². The van der Waals surface area contributed by atoms with Crippen molar-refractivity contribution in [2.75, 3.05) is 31.5 Å². The number of imidazole rings is 1. The van der Waals surface area contributed by atoms with Crippen molar-refractivity contribution in [3.05, 3.63) is 83.8 Å². The lowest BCUT2D eigenvalue weighted by molar-refractivity contribution is -0.137. The topological polar surface area (TPSA) is 66.3 Å². The van der Waals surface area contributed by atoms with Crippen LogP contribution in [0.2, 0.25) is 0 Å². The van der Waals surface area contributed by atoms with Crippen molar-refractivity contribution >= 4 is 22.9 Å². The Morgan fingerprint density at radius 2 is 1.78 bits per heavy atom. The number of amides is 2. The molecule has 7 nitrogen and oxygen atoms in total. The van der Waals surface area contributed by atoms with Crippen LogP contribution in [-0.2, 0) is 12.7 Å². The third-order valence-electron chi connectivity index (χ3n) is 6.21. The first-order chi connectivity index (χ1) is 17.3. The summed E-state index contributed by atoms with van der Waals surface area (Å²) in [5.41, 5.74) is 3.06. The second-order valence-electron chi connectivity index (χ2n) is 8.82. The fraction of sp³-hybridized carbons (Fsp3) is 0.269. The second-order valence-corrected chi connectivity index (χ2v) is 8.82. The van der Waals surface area contributed by atoms with E-state index in [0.717, 1.165) is 40.4 Å². The predicted octanol–water partition coefficient (Wildman–Crippen LogP) is 5.10. The molecule has 4 aromatic rings. The molecule has 0 radical (unpaired) electrons. The Morgan fingerprint density at radius 1 is 1.00 bits per heavy atom. The van der Waals surface area contributed by atoms with Crippen molar-refractivity contribution in [3.63, 3.8) is 0 Å². The number of nitrogens with zero attached hydrogens (tertiary/aromatic N) is 5. The number of carbonyl (C=O) groups is 1. The number of piperazine rings is 1. The van der Waals surface area contributed by atoms with Gasteiger partial charge in [0.2, 0.25) is 0 Å². The summed E-state index contributed by atoms with van der Waals surface area (Å²) in [6.45, 7) is 4.75. The van der Waals surface area contributed by atoms with Crippen LogP contribution in [0.3, 0.4) is 0 Å². The number of aryl methyl sites for hydroxylation is 1. The lowest BCUT2D eigenvalue weighted by Crippen LogP contribution is -2.49. The summed E-state index contributed by atoms with van der Waals surface area (Å²) in [5, 5.41) is 2.59. The van der Waals surface area contributed by atoms with Gasteiger partial charge >= 0.3 is 12.2 Å². The van der Waals surface area contributed by atoms with Gasteiger partial charge in [-0.25, -0.2) is 14.8 Å². The van der Waals surface area contributed by atoms with Crippen LogP contribution in [0.25, 0.3) is 16.9 Å². The maximum absolute atomic E-state index is 13.0. The predicted molar refractivity (Wildman–Crippen MR) is 131 cm³/mol. The quantitative estimate of drug-likeness (QED) is 0.429. The molecule has 0 unspecified atom stereocenters. The van der Waals surface area contributed by atoms with Crippen molar-refractivity contribution in [1.82, 2.24) is 24.3 Å². The van der Waals surface area contributed by atoms with E-state index in [1.807, 2.05) is 37.3 Å². The zero-order valence-electron chi connectivity index (χ0n) is 19.7. The molecule has 5 rings (SSSR count). The first-order valence-electron chi connectivity index (χ1n) is 11.6. The molecule has 0 spiro atoms. The Morgan fingerprint density at radius 3 is 2.53 bits per heavy atom. The number of alkyl halides is 3. The highest BCUT2D eigenvalue weighted by atomic mass is 19.4. The number of hydrogen-bond acceptors (Lipinski definition) is 4. The molecule has 36 heavy (non-hydrogen) atoms. The molecular formula is C26H25F3N6O. The van der Waals surface area contributed by atoms with Gasteiger partial charge < -0.3 is 10.2 Å². The van der Waals surface area contributed by atoms with E-state index >= 15 is 0 Å². The lowest BCUT2D eigenvalue weighted by Gasteiger charge is -2.34. The second kappa shape index (κ2) is 9.62. The zero-order chi connectivity index (χ0) is 25.3. The van der Waals surface area contributed by atoms with E-state index in [1.165, 1.54) is 12.1 Å². The molecule has 3 heterocycles. The van der Waals surface area contributed by atoms with Crippen LogP contribution >= 0.6 is 0 Å². The minimum absolute atomic E-state index is 0.122. The lowest BCUT2D eigenvalue weighted by atomic mass is 10.2. The van der Waals surface area contributed by atoms with Gasteiger partial charge in [0.1, 0.15) is 11.3 Å². The number of anilines is 1. The van der Waals surface area contributed by atoms with E-state index < -0.39 is 17.8 Å². The van der Waals surface area contributed by atoms with Gasteiger partial charge in [-0.3, -0.25) is 9.47 Å². The van der Waals surface area contributed by atoms with Crippen molar-refractivity contribution < 1.29 is 18.0 Å². The highest BCUT2D eigenvalue weighted by Gasteiger charge is 2.31. The minimum atomic E-state index is -4.46. The standard InChI is InChI=1S/C26H25F3N6O/c1-18-5-2-8-21(15-18)35-23(32-22-9-4-10-30-24(22)35)17-33-11-13-34(14-12-33)25(36)31-20-7-3-6-19(16-20)26(27,28)29/h2-10,15-16H,11-14,17H2,1H3,(H,31,36). The molecule has 10 heteroatoms. The van der Waals surface area contributed by atoms with Crippen LogP contribution < -0.4 is 5.32 Å². The summed E-state index contributed by atoms with van der Waals surface area (Å²) in [4.78, 5) is 25.9.